The van der Waals surface area contributed by atoms with Crippen molar-refractivity contribution in [1.82, 2.24) is 4.90 Å². The molecule has 0 rings (SSSR count). The highest BCUT2D eigenvalue weighted by Gasteiger charge is 2.21. The van der Waals surface area contributed by atoms with Crippen LogP contribution in [0, 0.1) is 0 Å². The number of hydrogen-bond acceptors (Lipinski definition) is 3. The molecule has 0 fully saturated rings. The minimum Gasteiger partial charge on any atom is -0.415 e. The van der Waals surface area contributed by atoms with Gasteiger partial charge in [0, 0.05) is 12.1 Å². The van der Waals surface area contributed by atoms with Crippen molar-refractivity contribution in [3.63, 3.8) is 0 Å². The van der Waals surface area contributed by atoms with Crippen molar-refractivity contribution >= 4 is 6.09 Å². The van der Waals surface area contributed by atoms with E-state index in [0.717, 1.165) is 0 Å². The molecule has 4 heteroatoms. The highest BCUT2D eigenvalue weighted by Crippen LogP contribution is 2.10. The fourth-order valence-electron chi connectivity index (χ4n) is 1.58. The lowest BCUT2D eigenvalue weighted by molar-refractivity contribution is 0.100. The van der Waals surface area contributed by atoms with Crippen LogP contribution in [0.15, 0.2) is 11.8 Å². The number of amides is 1. The van der Waals surface area contributed by atoms with Crippen LogP contribution in [0.1, 0.15) is 41.5 Å². The van der Waals surface area contributed by atoms with Crippen molar-refractivity contribution in [1.29, 1.82) is 0 Å². The number of allylic oxidation sites excluding steroid dienone is 1. The van der Waals surface area contributed by atoms with E-state index in [2.05, 4.69) is 0 Å². The van der Waals surface area contributed by atoms with Crippen LogP contribution in [0.2, 0.25) is 0 Å². The Labute approximate surface area is 97.9 Å². The fourth-order valence-corrected chi connectivity index (χ4v) is 1.58. The van der Waals surface area contributed by atoms with Crippen LogP contribution < -0.4 is 0 Å². The number of aliphatic hydroxyl groups is 1. The van der Waals surface area contributed by atoms with Crippen molar-refractivity contribution in [3.8, 4) is 0 Å². The zero-order chi connectivity index (χ0) is 12.9. The molecule has 0 bridgehead atoms. The van der Waals surface area contributed by atoms with Crippen molar-refractivity contribution < 1.29 is 14.6 Å². The summed E-state index contributed by atoms with van der Waals surface area (Å²) in [5.74, 6) is 0.423. The molecule has 0 spiro atoms. The molecule has 0 aromatic heterocycles. The van der Waals surface area contributed by atoms with Gasteiger partial charge < -0.3 is 14.7 Å². The predicted molar refractivity (Wildman–Crippen MR) is 64.0 cm³/mol. The second-order valence-electron chi connectivity index (χ2n) is 4.48. The molecule has 0 aromatic carbocycles. The first kappa shape index (κ1) is 15.0. The number of rotatable bonds is 4. The maximum atomic E-state index is 11.8. The molecule has 0 aliphatic rings. The smallest absolute Gasteiger partial charge is 0.415 e. The Bertz CT molecular complexity index is 249. The Hall–Kier alpha value is -1.03. The van der Waals surface area contributed by atoms with E-state index < -0.39 is 6.10 Å². The molecule has 4 nitrogen and oxygen atoms in total. The van der Waals surface area contributed by atoms with Crippen LogP contribution in [0.5, 0.6) is 0 Å². The van der Waals surface area contributed by atoms with Crippen LogP contribution in [0.3, 0.4) is 0 Å². The molecule has 1 unspecified atom stereocenters. The minimum absolute atomic E-state index is 0.0897. The van der Waals surface area contributed by atoms with E-state index in [1.807, 2.05) is 27.7 Å². The maximum absolute atomic E-state index is 11.8. The first-order valence-corrected chi connectivity index (χ1v) is 5.62. The number of nitrogens with zero attached hydrogens (tertiary/aromatic N) is 1. The molecule has 0 aliphatic heterocycles. The topological polar surface area (TPSA) is 49.8 Å². The zero-order valence-corrected chi connectivity index (χ0v) is 11.0. The van der Waals surface area contributed by atoms with Gasteiger partial charge in [-0.1, -0.05) is 0 Å². The van der Waals surface area contributed by atoms with Crippen LogP contribution in [-0.2, 0) is 4.74 Å². The maximum Gasteiger partial charge on any atom is 0.415 e. The van der Waals surface area contributed by atoms with Gasteiger partial charge in [0.1, 0.15) is 5.76 Å². The number of hydrogen-bond donors (Lipinski definition) is 1. The van der Waals surface area contributed by atoms with Gasteiger partial charge in [-0.2, -0.15) is 0 Å². The van der Waals surface area contributed by atoms with E-state index in [1.54, 1.807) is 18.7 Å². The molecule has 0 radical (unpaired) electrons. The van der Waals surface area contributed by atoms with Crippen molar-refractivity contribution in [2.24, 2.45) is 0 Å². The van der Waals surface area contributed by atoms with Gasteiger partial charge in [-0.15, -0.1) is 0 Å². The Kier molecular flexibility index (Phi) is 6.11. The van der Waals surface area contributed by atoms with Crippen LogP contribution in [0.25, 0.3) is 0 Å². The summed E-state index contributed by atoms with van der Waals surface area (Å²) in [4.78, 5) is 13.5. The highest BCUT2D eigenvalue weighted by atomic mass is 16.6. The van der Waals surface area contributed by atoms with Gasteiger partial charge >= 0.3 is 6.09 Å². The Morgan fingerprint density at radius 1 is 1.19 bits per heavy atom. The first-order chi connectivity index (χ1) is 7.25. The highest BCUT2D eigenvalue weighted by molar-refractivity contribution is 5.69. The van der Waals surface area contributed by atoms with Gasteiger partial charge in [0.2, 0.25) is 0 Å². The van der Waals surface area contributed by atoms with Crippen LogP contribution in [0.4, 0.5) is 4.79 Å². The summed E-state index contributed by atoms with van der Waals surface area (Å²) < 4.78 is 5.13. The SMILES string of the molecule is C/C(=C\C(C)O)OC(=O)N(C(C)C)C(C)C. The summed E-state index contributed by atoms with van der Waals surface area (Å²) in [5.41, 5.74) is 0. The lowest BCUT2D eigenvalue weighted by Gasteiger charge is -2.29. The largest absolute Gasteiger partial charge is 0.415 e. The van der Waals surface area contributed by atoms with E-state index in [-0.39, 0.29) is 18.2 Å². The summed E-state index contributed by atoms with van der Waals surface area (Å²) >= 11 is 0. The molecule has 0 saturated carbocycles. The average Bonchev–Trinajstić information content (AvgIpc) is 1.98. The Morgan fingerprint density at radius 2 is 1.62 bits per heavy atom. The number of aliphatic hydroxyl groups excluding tert-OH is 1. The lowest BCUT2D eigenvalue weighted by atomic mass is 10.2. The van der Waals surface area contributed by atoms with E-state index in [0.29, 0.717) is 5.76 Å². The Balaban J connectivity index is 4.55. The predicted octanol–water partition coefficient (Wildman–Crippen LogP) is 2.53. The normalized spacial score (nSPS) is 14.2. The summed E-state index contributed by atoms with van der Waals surface area (Å²) in [6, 6.07) is 0.179. The van der Waals surface area contributed by atoms with E-state index in [9.17, 15) is 4.79 Å². The van der Waals surface area contributed by atoms with Gasteiger partial charge in [-0.05, 0) is 47.6 Å². The van der Waals surface area contributed by atoms with Crippen LogP contribution in [-0.4, -0.2) is 34.3 Å². The van der Waals surface area contributed by atoms with Gasteiger partial charge in [0.15, 0.2) is 0 Å². The number of carbonyl (C=O) groups excluding carboxylic acids is 1. The van der Waals surface area contributed by atoms with Crippen LogP contribution >= 0.6 is 0 Å². The van der Waals surface area contributed by atoms with E-state index >= 15 is 0 Å². The van der Waals surface area contributed by atoms with Crippen molar-refractivity contribution in [3.05, 3.63) is 11.8 Å². The minimum atomic E-state index is -0.612. The second kappa shape index (κ2) is 6.53. The molecule has 1 amide bonds. The monoisotopic (exact) mass is 229 g/mol. The second-order valence-corrected chi connectivity index (χ2v) is 4.48. The molecule has 94 valence electrons. The van der Waals surface area contributed by atoms with Crippen molar-refractivity contribution in [2.45, 2.75) is 59.7 Å². The molecular weight excluding hydrogens is 206 g/mol. The third-order valence-corrected chi connectivity index (χ3v) is 2.05. The Morgan fingerprint density at radius 3 is 1.94 bits per heavy atom. The third kappa shape index (κ3) is 5.16. The van der Waals surface area contributed by atoms with Gasteiger partial charge in [0.05, 0.1) is 6.10 Å². The van der Waals surface area contributed by atoms with Gasteiger partial charge in [0.25, 0.3) is 0 Å². The fraction of sp³-hybridized carbons (Fsp3) is 0.750. The molecule has 0 aromatic rings. The quantitative estimate of drug-likeness (QED) is 0.754. The molecule has 0 aliphatic carbocycles. The third-order valence-electron chi connectivity index (χ3n) is 2.05. The van der Waals surface area contributed by atoms with Crippen molar-refractivity contribution in [2.75, 3.05) is 0 Å². The molecule has 0 heterocycles. The molecular formula is C12H23NO3. The first-order valence-electron chi connectivity index (χ1n) is 5.62. The van der Waals surface area contributed by atoms with Gasteiger partial charge in [-0.25, -0.2) is 4.79 Å². The average molecular weight is 229 g/mol. The van der Waals surface area contributed by atoms with E-state index in [4.69, 9.17) is 9.84 Å². The number of carbonyl (C=O) groups is 1. The zero-order valence-electron chi connectivity index (χ0n) is 11.0. The molecule has 0 saturated heterocycles. The summed E-state index contributed by atoms with van der Waals surface area (Å²) in [6.07, 6.45) is 0.509. The standard InChI is InChI=1S/C12H23NO3/c1-8(2)13(9(3)4)12(15)16-11(6)7-10(5)14/h7-10,14H,1-6H3/b11-7+. The number of ether oxygens (including phenoxy) is 1. The van der Waals surface area contributed by atoms with Gasteiger partial charge in [-0.3, -0.25) is 0 Å². The lowest BCUT2D eigenvalue weighted by Crippen LogP contribution is -2.42. The molecule has 16 heavy (non-hydrogen) atoms. The summed E-state index contributed by atoms with van der Waals surface area (Å²) in [6.45, 7) is 11.0. The summed E-state index contributed by atoms with van der Waals surface area (Å²) in [5, 5.41) is 9.11. The van der Waals surface area contributed by atoms with E-state index in [1.165, 1.54) is 6.08 Å². The molecule has 1 atom stereocenters. The molecule has 1 N–H and O–H groups in total. The summed E-state index contributed by atoms with van der Waals surface area (Å²) in [7, 11) is 0.